The number of halogens is 1. The van der Waals surface area contributed by atoms with Crippen molar-refractivity contribution in [2.75, 3.05) is 25.2 Å². The van der Waals surface area contributed by atoms with E-state index in [1.165, 1.54) is 4.90 Å². The van der Waals surface area contributed by atoms with E-state index in [0.29, 0.717) is 30.1 Å². The van der Waals surface area contributed by atoms with Gasteiger partial charge in [0.2, 0.25) is 5.28 Å². The lowest BCUT2D eigenvalue weighted by Crippen LogP contribution is -2.40. The highest BCUT2D eigenvalue weighted by molar-refractivity contribution is 6.28. The normalized spacial score (nSPS) is 18.3. The number of fused-ring (bicyclic) bond motifs is 1. The molecule has 0 aliphatic carbocycles. The molecule has 1 aliphatic heterocycles. The van der Waals surface area contributed by atoms with E-state index >= 15 is 0 Å². The van der Waals surface area contributed by atoms with Crippen LogP contribution in [-0.2, 0) is 14.9 Å². The maximum Gasteiger partial charge on any atom is 0.414 e. The maximum atomic E-state index is 12.9. The van der Waals surface area contributed by atoms with Crippen LogP contribution in [0.3, 0.4) is 0 Å². The van der Waals surface area contributed by atoms with Crippen molar-refractivity contribution in [3.05, 3.63) is 40.8 Å². The molecular formula is C21H23ClN4O3. The minimum Gasteiger partial charge on any atom is -0.443 e. The zero-order valence-corrected chi connectivity index (χ0v) is 17.9. The van der Waals surface area contributed by atoms with E-state index < -0.39 is 17.1 Å². The summed E-state index contributed by atoms with van der Waals surface area (Å²) >= 11 is 5.94. The fourth-order valence-electron chi connectivity index (χ4n) is 3.54. The zero-order chi connectivity index (χ0) is 21.4. The van der Waals surface area contributed by atoms with Crippen molar-refractivity contribution in [2.24, 2.45) is 0 Å². The van der Waals surface area contributed by atoms with Crippen molar-refractivity contribution in [2.45, 2.75) is 38.7 Å². The number of rotatable bonds is 3. The number of nitriles is 1. The van der Waals surface area contributed by atoms with E-state index in [1.54, 1.807) is 25.4 Å². The summed E-state index contributed by atoms with van der Waals surface area (Å²) in [7, 11) is 1.61. The summed E-state index contributed by atoms with van der Waals surface area (Å²) in [5, 5.41) is 9.96. The number of nitrogens with zero attached hydrogens (tertiary/aromatic N) is 4. The first-order chi connectivity index (χ1) is 13.6. The molecule has 1 atom stereocenters. The van der Waals surface area contributed by atoms with Crippen LogP contribution >= 0.6 is 11.6 Å². The highest BCUT2D eigenvalue weighted by Crippen LogP contribution is 2.45. The summed E-state index contributed by atoms with van der Waals surface area (Å²) < 4.78 is 11.0. The summed E-state index contributed by atoms with van der Waals surface area (Å²) in [6.45, 7) is 8.14. The topological polar surface area (TPSA) is 88.3 Å². The summed E-state index contributed by atoms with van der Waals surface area (Å²) in [6.07, 6.45) is 1.07. The number of methoxy groups -OCH3 is 1. The van der Waals surface area contributed by atoms with Crippen LogP contribution in [0.2, 0.25) is 5.28 Å². The Morgan fingerprint density at radius 2 is 2.14 bits per heavy atom. The quantitative estimate of drug-likeness (QED) is 0.694. The fraction of sp³-hybridized carbons (Fsp3) is 0.429. The first-order valence-corrected chi connectivity index (χ1v) is 9.53. The first-order valence-electron chi connectivity index (χ1n) is 9.15. The third-order valence-corrected chi connectivity index (χ3v) is 4.84. The molecule has 7 nitrogen and oxygen atoms in total. The molecule has 1 aliphatic rings. The second-order valence-corrected chi connectivity index (χ2v) is 8.64. The summed E-state index contributed by atoms with van der Waals surface area (Å²) in [6, 6.07) is 7.57. The van der Waals surface area contributed by atoms with Gasteiger partial charge in [0.05, 0.1) is 23.6 Å². The van der Waals surface area contributed by atoms with Crippen molar-refractivity contribution in [1.82, 2.24) is 9.97 Å². The predicted octanol–water partition coefficient (Wildman–Crippen LogP) is 4.33. The predicted molar refractivity (Wildman–Crippen MR) is 110 cm³/mol. The fourth-order valence-corrected chi connectivity index (χ4v) is 3.69. The van der Waals surface area contributed by atoms with Crippen LogP contribution in [0.4, 0.5) is 10.5 Å². The number of hydrogen-bond acceptors (Lipinski definition) is 6. The SMILES string of the molecule is COCC1(C)CN(C(=O)OC(C)(C)C)c2c(C#N)cc(-c3ccnc(Cl)n3)cc21. The Morgan fingerprint density at radius 1 is 1.41 bits per heavy atom. The van der Waals surface area contributed by atoms with Gasteiger partial charge in [0.1, 0.15) is 11.7 Å². The summed E-state index contributed by atoms with van der Waals surface area (Å²) in [4.78, 5) is 22.6. The Labute approximate surface area is 175 Å². The number of ether oxygens (including phenoxy) is 2. The van der Waals surface area contributed by atoms with Gasteiger partial charge in [-0.3, -0.25) is 4.90 Å². The van der Waals surface area contributed by atoms with E-state index in [4.69, 9.17) is 21.1 Å². The van der Waals surface area contributed by atoms with Crippen molar-refractivity contribution < 1.29 is 14.3 Å². The van der Waals surface area contributed by atoms with Crippen LogP contribution in [0.25, 0.3) is 11.3 Å². The standard InChI is InChI=1S/C21H23ClN4O3/c1-20(2,3)29-19(27)26-11-21(4,12-28-5)15-9-13(8-14(10-23)17(15)26)16-6-7-24-18(22)25-16/h6-9H,11-12H2,1-5H3. The van der Waals surface area contributed by atoms with Crippen molar-refractivity contribution >= 4 is 23.4 Å². The molecule has 152 valence electrons. The van der Waals surface area contributed by atoms with Gasteiger partial charge in [-0.05, 0) is 56.1 Å². The van der Waals surface area contributed by atoms with Crippen LogP contribution in [-0.4, -0.2) is 41.9 Å². The van der Waals surface area contributed by atoms with Gasteiger partial charge >= 0.3 is 6.09 Å². The Bertz CT molecular complexity index is 996. The number of anilines is 1. The minimum atomic E-state index is -0.651. The van der Waals surface area contributed by atoms with E-state index in [-0.39, 0.29) is 5.28 Å². The molecule has 0 radical (unpaired) electrons. The van der Waals surface area contributed by atoms with Gasteiger partial charge in [-0.15, -0.1) is 0 Å². The number of aromatic nitrogens is 2. The molecule has 3 rings (SSSR count). The van der Waals surface area contributed by atoms with Crippen molar-refractivity contribution in [3.8, 4) is 17.3 Å². The molecule has 2 heterocycles. The smallest absolute Gasteiger partial charge is 0.414 e. The summed E-state index contributed by atoms with van der Waals surface area (Å²) in [5.74, 6) is 0. The van der Waals surface area contributed by atoms with E-state index in [2.05, 4.69) is 16.0 Å². The van der Waals surface area contributed by atoms with Gasteiger partial charge in [-0.2, -0.15) is 5.26 Å². The number of benzene rings is 1. The second-order valence-electron chi connectivity index (χ2n) is 8.30. The van der Waals surface area contributed by atoms with Gasteiger partial charge in [0, 0.05) is 30.8 Å². The lowest BCUT2D eigenvalue weighted by molar-refractivity contribution is 0.0571. The van der Waals surface area contributed by atoms with Crippen LogP contribution in [0, 0.1) is 11.3 Å². The third-order valence-electron chi connectivity index (χ3n) is 4.66. The Kier molecular flexibility index (Phi) is 5.52. The van der Waals surface area contributed by atoms with E-state index in [9.17, 15) is 10.1 Å². The lowest BCUT2D eigenvalue weighted by atomic mass is 9.83. The third kappa shape index (κ3) is 4.19. The lowest BCUT2D eigenvalue weighted by Gasteiger charge is -2.27. The van der Waals surface area contributed by atoms with Gasteiger partial charge in [0.15, 0.2) is 0 Å². The molecular weight excluding hydrogens is 392 g/mol. The highest BCUT2D eigenvalue weighted by Gasteiger charge is 2.44. The molecule has 2 aromatic rings. The Morgan fingerprint density at radius 3 is 2.72 bits per heavy atom. The molecule has 1 aromatic heterocycles. The maximum absolute atomic E-state index is 12.9. The molecule has 8 heteroatoms. The molecule has 1 aromatic carbocycles. The average molecular weight is 415 g/mol. The molecule has 0 N–H and O–H groups in total. The van der Waals surface area contributed by atoms with E-state index in [0.717, 1.165) is 11.1 Å². The Balaban J connectivity index is 2.18. The molecule has 0 saturated carbocycles. The molecule has 0 spiro atoms. The van der Waals surface area contributed by atoms with Gasteiger partial charge < -0.3 is 9.47 Å². The van der Waals surface area contributed by atoms with Crippen LogP contribution in [0.5, 0.6) is 0 Å². The van der Waals surface area contributed by atoms with Crippen LogP contribution < -0.4 is 4.90 Å². The first kappa shape index (κ1) is 21.0. The molecule has 0 fully saturated rings. The largest absolute Gasteiger partial charge is 0.443 e. The monoisotopic (exact) mass is 414 g/mol. The van der Waals surface area contributed by atoms with Gasteiger partial charge in [0.25, 0.3) is 0 Å². The number of carbonyl (C=O) groups excluding carboxylic acids is 1. The van der Waals surface area contributed by atoms with Crippen molar-refractivity contribution in [1.29, 1.82) is 5.26 Å². The molecule has 29 heavy (non-hydrogen) atoms. The van der Waals surface area contributed by atoms with Crippen molar-refractivity contribution in [3.63, 3.8) is 0 Å². The van der Waals surface area contributed by atoms with Crippen LogP contribution in [0.15, 0.2) is 24.4 Å². The highest BCUT2D eigenvalue weighted by atomic mass is 35.5. The number of carbonyl (C=O) groups is 1. The summed E-state index contributed by atoms with van der Waals surface area (Å²) in [5.41, 5.74) is 1.89. The molecule has 1 unspecified atom stereocenters. The van der Waals surface area contributed by atoms with E-state index in [1.807, 2.05) is 33.8 Å². The minimum absolute atomic E-state index is 0.122. The number of hydrogen-bond donors (Lipinski definition) is 0. The average Bonchev–Trinajstić information content (AvgIpc) is 2.93. The van der Waals surface area contributed by atoms with Crippen LogP contribution in [0.1, 0.15) is 38.8 Å². The zero-order valence-electron chi connectivity index (χ0n) is 17.1. The molecule has 0 bridgehead atoms. The number of amides is 1. The molecule has 1 amide bonds. The molecule has 0 saturated heterocycles. The second kappa shape index (κ2) is 7.62. The van der Waals surface area contributed by atoms with Gasteiger partial charge in [-0.25, -0.2) is 14.8 Å². The van der Waals surface area contributed by atoms with Gasteiger partial charge in [-0.1, -0.05) is 6.92 Å². The Hall–Kier alpha value is -2.69.